The number of carbonyl (C=O) groups excluding carboxylic acids is 1. The zero-order chi connectivity index (χ0) is 11.5. The summed E-state index contributed by atoms with van der Waals surface area (Å²) in [6.45, 7) is 0.670. The first kappa shape index (κ1) is 10.8. The van der Waals surface area contributed by atoms with E-state index in [1.807, 2.05) is 24.3 Å². The van der Waals surface area contributed by atoms with Gasteiger partial charge in [0.15, 0.2) is 0 Å². The zero-order valence-corrected chi connectivity index (χ0v) is 8.72. The first-order valence-corrected chi connectivity index (χ1v) is 5.21. The Kier molecular flexibility index (Phi) is 3.01. The van der Waals surface area contributed by atoms with Gasteiger partial charge in [-0.25, -0.2) is 0 Å². The molecule has 0 aromatic heterocycles. The molecule has 0 saturated heterocycles. The van der Waals surface area contributed by atoms with E-state index in [2.05, 4.69) is 5.32 Å². The lowest BCUT2D eigenvalue weighted by Crippen LogP contribution is -2.28. The molecule has 2 unspecified atom stereocenters. The number of benzene rings is 1. The van der Waals surface area contributed by atoms with Crippen molar-refractivity contribution in [3.8, 4) is 0 Å². The Morgan fingerprint density at radius 1 is 1.56 bits per heavy atom. The summed E-state index contributed by atoms with van der Waals surface area (Å²) in [4.78, 5) is 21.6. The Labute approximate surface area is 93.3 Å². The average Bonchev–Trinajstić information content (AvgIpc) is 2.69. The van der Waals surface area contributed by atoms with E-state index in [-0.39, 0.29) is 12.5 Å². The lowest BCUT2D eigenvalue weighted by Gasteiger charge is -2.18. The summed E-state index contributed by atoms with van der Waals surface area (Å²) in [5.41, 5.74) is 2.11. The summed E-state index contributed by atoms with van der Waals surface area (Å²) in [5, 5.41) is 12.2. The molecule has 84 valence electrons. The van der Waals surface area contributed by atoms with Crippen LogP contribution in [0.15, 0.2) is 24.3 Å². The predicted molar refractivity (Wildman–Crippen MR) is 57.8 cm³/mol. The summed E-state index contributed by atoms with van der Waals surface area (Å²) in [5.74, 6) is -1.61. The minimum absolute atomic E-state index is 0.0430. The van der Waals surface area contributed by atoms with Gasteiger partial charge >= 0.3 is 5.97 Å². The normalized spacial score (nSPS) is 20.1. The van der Waals surface area contributed by atoms with Gasteiger partial charge < -0.3 is 15.2 Å². The highest BCUT2D eigenvalue weighted by atomic mass is 16.4. The number of carbonyl (C=O) groups is 2. The van der Waals surface area contributed by atoms with Gasteiger partial charge in [-0.15, -0.1) is 0 Å². The molecule has 2 rings (SSSR count). The molecule has 1 aromatic rings. The molecule has 1 aliphatic rings. The fourth-order valence-electron chi connectivity index (χ4n) is 2.17. The highest BCUT2D eigenvalue weighted by molar-refractivity contribution is 5.75. The van der Waals surface area contributed by atoms with Crippen molar-refractivity contribution in [2.75, 3.05) is 0 Å². The number of fused-ring (bicyclic) bond motifs is 1. The van der Waals surface area contributed by atoms with Crippen LogP contribution in [0.1, 0.15) is 23.6 Å². The standard InChI is InChI=1S/C12H13NO3/c14-6-5-10(12(15)16)11-9-4-2-1-3-8(9)7-13-11/h1-4,6,10-11,13H,5,7H2,(H,15,16). The Morgan fingerprint density at radius 3 is 3.00 bits per heavy atom. The van der Waals surface area contributed by atoms with Crippen molar-refractivity contribution in [2.45, 2.75) is 19.0 Å². The van der Waals surface area contributed by atoms with Crippen LogP contribution in [-0.2, 0) is 16.1 Å². The van der Waals surface area contributed by atoms with Crippen molar-refractivity contribution in [1.29, 1.82) is 0 Å². The minimum Gasteiger partial charge on any atom is -0.481 e. The number of rotatable bonds is 4. The van der Waals surface area contributed by atoms with Gasteiger partial charge in [-0.1, -0.05) is 24.3 Å². The zero-order valence-electron chi connectivity index (χ0n) is 8.72. The van der Waals surface area contributed by atoms with Gasteiger partial charge in [-0.05, 0) is 11.1 Å². The highest BCUT2D eigenvalue weighted by Crippen LogP contribution is 2.32. The fraction of sp³-hybridized carbons (Fsp3) is 0.333. The maximum absolute atomic E-state index is 11.1. The van der Waals surface area contributed by atoms with Crippen LogP contribution in [-0.4, -0.2) is 17.4 Å². The van der Waals surface area contributed by atoms with E-state index in [1.165, 1.54) is 0 Å². The number of aldehydes is 1. The largest absolute Gasteiger partial charge is 0.481 e. The van der Waals surface area contributed by atoms with E-state index in [9.17, 15) is 9.59 Å². The van der Waals surface area contributed by atoms with Crippen molar-refractivity contribution < 1.29 is 14.7 Å². The first-order valence-electron chi connectivity index (χ1n) is 5.21. The van der Waals surface area contributed by atoms with Gasteiger partial charge in [-0.3, -0.25) is 4.79 Å². The van der Waals surface area contributed by atoms with Crippen molar-refractivity contribution in [1.82, 2.24) is 5.32 Å². The molecule has 2 atom stereocenters. The summed E-state index contributed by atoms with van der Waals surface area (Å²) in [6.07, 6.45) is 0.711. The molecule has 0 spiro atoms. The van der Waals surface area contributed by atoms with Crippen LogP contribution in [0.25, 0.3) is 0 Å². The molecule has 0 fully saturated rings. The van der Waals surface area contributed by atoms with E-state index in [0.29, 0.717) is 12.8 Å². The van der Waals surface area contributed by atoms with E-state index in [0.717, 1.165) is 11.1 Å². The summed E-state index contributed by atoms with van der Waals surface area (Å²) < 4.78 is 0. The van der Waals surface area contributed by atoms with Crippen LogP contribution in [0.3, 0.4) is 0 Å². The van der Waals surface area contributed by atoms with Gasteiger partial charge in [0.2, 0.25) is 0 Å². The molecule has 4 nitrogen and oxygen atoms in total. The second-order valence-electron chi connectivity index (χ2n) is 3.90. The molecule has 2 N–H and O–H groups in total. The molecule has 0 bridgehead atoms. The molecule has 1 aliphatic heterocycles. The van der Waals surface area contributed by atoms with Crippen molar-refractivity contribution in [2.24, 2.45) is 5.92 Å². The third-order valence-corrected chi connectivity index (χ3v) is 2.97. The third kappa shape index (κ3) is 1.84. The second kappa shape index (κ2) is 4.45. The van der Waals surface area contributed by atoms with Gasteiger partial charge in [-0.2, -0.15) is 0 Å². The molecule has 16 heavy (non-hydrogen) atoms. The Morgan fingerprint density at radius 2 is 2.31 bits per heavy atom. The van der Waals surface area contributed by atoms with Crippen LogP contribution >= 0.6 is 0 Å². The number of hydrogen-bond acceptors (Lipinski definition) is 3. The number of nitrogens with one attached hydrogen (secondary N) is 1. The van der Waals surface area contributed by atoms with Crippen LogP contribution in [0, 0.1) is 5.92 Å². The van der Waals surface area contributed by atoms with E-state index in [4.69, 9.17) is 5.11 Å². The van der Waals surface area contributed by atoms with E-state index in [1.54, 1.807) is 0 Å². The molecule has 4 heteroatoms. The fourth-order valence-corrected chi connectivity index (χ4v) is 2.17. The minimum atomic E-state index is -0.929. The third-order valence-electron chi connectivity index (χ3n) is 2.97. The molecular formula is C12H13NO3. The van der Waals surface area contributed by atoms with Crippen molar-refractivity contribution >= 4 is 12.3 Å². The number of hydrogen-bond donors (Lipinski definition) is 2. The van der Waals surface area contributed by atoms with Crippen molar-refractivity contribution in [3.63, 3.8) is 0 Å². The van der Waals surface area contributed by atoms with Gasteiger partial charge in [0.25, 0.3) is 0 Å². The summed E-state index contributed by atoms with van der Waals surface area (Å²) in [7, 11) is 0. The number of aliphatic carboxylic acids is 1. The predicted octanol–water partition coefficient (Wildman–Crippen LogP) is 1.12. The molecule has 0 radical (unpaired) electrons. The SMILES string of the molecule is O=CCC(C(=O)O)C1NCc2ccccc21. The smallest absolute Gasteiger partial charge is 0.308 e. The van der Waals surface area contributed by atoms with E-state index < -0.39 is 11.9 Å². The molecule has 0 amide bonds. The quantitative estimate of drug-likeness (QED) is 0.745. The Bertz CT molecular complexity index is 416. The molecule has 1 heterocycles. The first-order chi connectivity index (χ1) is 7.74. The maximum atomic E-state index is 11.1. The molecule has 0 saturated carbocycles. The van der Waals surface area contributed by atoms with Gasteiger partial charge in [0, 0.05) is 19.0 Å². The van der Waals surface area contributed by atoms with E-state index >= 15 is 0 Å². The Balaban J connectivity index is 2.28. The summed E-state index contributed by atoms with van der Waals surface area (Å²) in [6, 6.07) is 7.46. The van der Waals surface area contributed by atoms with Gasteiger partial charge in [0.1, 0.15) is 6.29 Å². The van der Waals surface area contributed by atoms with Crippen molar-refractivity contribution in [3.05, 3.63) is 35.4 Å². The maximum Gasteiger partial charge on any atom is 0.308 e. The highest BCUT2D eigenvalue weighted by Gasteiger charge is 2.33. The monoisotopic (exact) mass is 219 g/mol. The lowest BCUT2D eigenvalue weighted by molar-refractivity contribution is -0.144. The topological polar surface area (TPSA) is 66.4 Å². The van der Waals surface area contributed by atoms with Crippen LogP contribution in [0.5, 0.6) is 0 Å². The molecule has 1 aromatic carbocycles. The number of carboxylic acids is 1. The van der Waals surface area contributed by atoms with Crippen LogP contribution in [0.2, 0.25) is 0 Å². The molecular weight excluding hydrogens is 206 g/mol. The van der Waals surface area contributed by atoms with Crippen LogP contribution < -0.4 is 5.32 Å². The second-order valence-corrected chi connectivity index (χ2v) is 3.90. The average molecular weight is 219 g/mol. The van der Waals surface area contributed by atoms with Crippen LogP contribution in [0.4, 0.5) is 0 Å². The molecule has 0 aliphatic carbocycles. The van der Waals surface area contributed by atoms with Gasteiger partial charge in [0.05, 0.1) is 5.92 Å². The number of carboxylic acid groups (broad SMARTS) is 1. The lowest BCUT2D eigenvalue weighted by atomic mass is 9.91. The Hall–Kier alpha value is -1.68. The summed E-state index contributed by atoms with van der Waals surface area (Å²) >= 11 is 0.